The molecule has 0 rings (SSSR count). The van der Waals surface area contributed by atoms with Gasteiger partial charge in [0, 0.05) is 70.6 Å². The molecule has 10 radical (unpaired) electrons. The zero-order valence-electron chi connectivity index (χ0n) is 2.18. The van der Waals surface area contributed by atoms with Crippen molar-refractivity contribution in [2.24, 2.45) is 0 Å². The van der Waals surface area contributed by atoms with E-state index in [2.05, 4.69) is 0 Å². The minimum Gasteiger partial charge on any atom is 0 e. The van der Waals surface area contributed by atoms with E-state index in [9.17, 15) is 0 Å². The fourth-order valence-corrected chi connectivity index (χ4v) is 0. The Labute approximate surface area is 70.0 Å². The van der Waals surface area contributed by atoms with Gasteiger partial charge in [0.05, 0.1) is 0 Å². The standard InChI is InChI=1S/3Al.V. The summed E-state index contributed by atoms with van der Waals surface area (Å²) in [4.78, 5) is 0. The second-order valence-corrected chi connectivity index (χ2v) is 0. The Hall–Kier alpha value is 2.18. The van der Waals surface area contributed by atoms with E-state index in [0.29, 0.717) is 0 Å². The van der Waals surface area contributed by atoms with Crippen LogP contribution in [0.25, 0.3) is 0 Å². The predicted octanol–water partition coefficient (Wildman–Crippen LogP) is -1.14. The fraction of sp³-hybridized carbons (Fsp3) is 0. The van der Waals surface area contributed by atoms with Crippen LogP contribution in [0.3, 0.4) is 0 Å². The average Bonchev–Trinajstić information content (AvgIpc) is 0. The first-order chi connectivity index (χ1) is 0. The van der Waals surface area contributed by atoms with Gasteiger partial charge in [0.15, 0.2) is 0 Å². The molecule has 0 aliphatic carbocycles. The van der Waals surface area contributed by atoms with Crippen LogP contribution in [-0.2, 0) is 18.6 Å². The average molecular weight is 132 g/mol. The number of hydrogen-bond donors (Lipinski definition) is 0. The summed E-state index contributed by atoms with van der Waals surface area (Å²) < 4.78 is 0. The molecule has 0 spiro atoms. The van der Waals surface area contributed by atoms with Crippen LogP contribution in [-0.4, -0.2) is 52.1 Å². The molecular weight excluding hydrogens is 132 g/mol. The SMILES string of the molecule is [Al].[Al].[Al].[V]. The van der Waals surface area contributed by atoms with Gasteiger partial charge in [-0.1, -0.05) is 0 Å². The number of hydrogen-bond acceptors (Lipinski definition) is 0. The monoisotopic (exact) mass is 132 g/mol. The Morgan fingerprint density at radius 3 is 0.500 bits per heavy atom. The van der Waals surface area contributed by atoms with Gasteiger partial charge >= 0.3 is 0 Å². The minimum atomic E-state index is 0. The van der Waals surface area contributed by atoms with Crippen LogP contribution in [0, 0.1) is 0 Å². The van der Waals surface area contributed by atoms with Gasteiger partial charge in [-0.25, -0.2) is 0 Å². The molecule has 0 saturated heterocycles. The topological polar surface area (TPSA) is 0 Å². The molecule has 0 aliphatic heterocycles. The van der Waals surface area contributed by atoms with E-state index in [1.807, 2.05) is 0 Å². The zero-order valence-corrected chi connectivity index (χ0v) is 7.04. The molecule has 14 valence electrons. The molecule has 0 N–H and O–H groups in total. The third kappa shape index (κ3) is 8.89. The first-order valence-electron chi connectivity index (χ1n) is 0. The molecule has 0 fully saturated rings. The molecule has 0 saturated carbocycles. The summed E-state index contributed by atoms with van der Waals surface area (Å²) in [7, 11) is 0. The van der Waals surface area contributed by atoms with Gasteiger partial charge in [-0.05, 0) is 0 Å². The maximum atomic E-state index is 0. The van der Waals surface area contributed by atoms with E-state index < -0.39 is 0 Å². The van der Waals surface area contributed by atoms with Crippen molar-refractivity contribution in [3.05, 3.63) is 0 Å². The Morgan fingerprint density at radius 2 is 0.500 bits per heavy atom. The zero-order chi connectivity index (χ0) is 0. The molecule has 0 aliphatic rings. The molecule has 0 heterocycles. The summed E-state index contributed by atoms with van der Waals surface area (Å²) in [6, 6.07) is 0. The predicted molar refractivity (Wildman–Crippen MR) is 17.3 cm³/mol. The maximum Gasteiger partial charge on any atom is 0 e. The van der Waals surface area contributed by atoms with Crippen molar-refractivity contribution in [3.8, 4) is 0 Å². The molecule has 0 atom stereocenters. The van der Waals surface area contributed by atoms with Crippen molar-refractivity contribution in [1.82, 2.24) is 0 Å². The molecule has 0 bridgehead atoms. The van der Waals surface area contributed by atoms with Crippen LogP contribution in [0.4, 0.5) is 0 Å². The Bertz CT molecular complexity index is 3.25. The fourth-order valence-electron chi connectivity index (χ4n) is 0. The van der Waals surface area contributed by atoms with Gasteiger partial charge in [-0.3, -0.25) is 0 Å². The molecule has 0 amide bonds. The summed E-state index contributed by atoms with van der Waals surface area (Å²) in [5.41, 5.74) is 0. The molecule has 4 heavy (non-hydrogen) atoms. The maximum absolute atomic E-state index is 0. The second-order valence-electron chi connectivity index (χ2n) is 0. The van der Waals surface area contributed by atoms with Crippen LogP contribution < -0.4 is 0 Å². The molecule has 0 nitrogen and oxygen atoms in total. The quantitative estimate of drug-likeness (QED) is 0.365. The minimum absolute atomic E-state index is 0. The molecular formula is Al3V. The van der Waals surface area contributed by atoms with E-state index in [1.54, 1.807) is 0 Å². The third-order valence-electron chi connectivity index (χ3n) is 0. The smallest absolute Gasteiger partial charge is 0 e. The van der Waals surface area contributed by atoms with Crippen molar-refractivity contribution in [1.29, 1.82) is 0 Å². The summed E-state index contributed by atoms with van der Waals surface area (Å²) >= 11 is 0. The van der Waals surface area contributed by atoms with E-state index >= 15 is 0 Å². The van der Waals surface area contributed by atoms with Crippen molar-refractivity contribution in [2.75, 3.05) is 0 Å². The van der Waals surface area contributed by atoms with Crippen molar-refractivity contribution < 1.29 is 18.6 Å². The normalized spacial score (nSPS) is 0. The largest absolute Gasteiger partial charge is 0 e. The molecule has 0 aromatic heterocycles. The van der Waals surface area contributed by atoms with Gasteiger partial charge in [0.2, 0.25) is 0 Å². The van der Waals surface area contributed by atoms with Crippen LogP contribution in [0.5, 0.6) is 0 Å². The molecule has 0 aromatic rings. The first kappa shape index (κ1) is 34.9. The Balaban J connectivity index is 0. The van der Waals surface area contributed by atoms with Gasteiger partial charge in [0.1, 0.15) is 0 Å². The van der Waals surface area contributed by atoms with Crippen LogP contribution in [0.1, 0.15) is 0 Å². The Kier molecular flexibility index (Phi) is 166. The van der Waals surface area contributed by atoms with Gasteiger partial charge < -0.3 is 0 Å². The third-order valence-corrected chi connectivity index (χ3v) is 0. The Morgan fingerprint density at radius 1 is 0.500 bits per heavy atom. The van der Waals surface area contributed by atoms with Gasteiger partial charge in [-0.2, -0.15) is 0 Å². The van der Waals surface area contributed by atoms with Gasteiger partial charge in [0.25, 0.3) is 0 Å². The van der Waals surface area contributed by atoms with Crippen LogP contribution >= 0.6 is 0 Å². The summed E-state index contributed by atoms with van der Waals surface area (Å²) in [6.45, 7) is 0. The molecule has 0 unspecified atom stereocenters. The number of rotatable bonds is 0. The van der Waals surface area contributed by atoms with Crippen molar-refractivity contribution >= 4 is 52.1 Å². The summed E-state index contributed by atoms with van der Waals surface area (Å²) in [5, 5.41) is 0. The molecule has 0 aromatic carbocycles. The second kappa shape index (κ2) is 19.0. The van der Waals surface area contributed by atoms with E-state index in [1.165, 1.54) is 0 Å². The van der Waals surface area contributed by atoms with Crippen LogP contribution in [0.15, 0.2) is 0 Å². The van der Waals surface area contributed by atoms with E-state index in [4.69, 9.17) is 0 Å². The first-order valence-corrected chi connectivity index (χ1v) is 0. The van der Waals surface area contributed by atoms with Crippen LogP contribution in [0.2, 0.25) is 0 Å². The van der Waals surface area contributed by atoms with E-state index in [-0.39, 0.29) is 70.6 Å². The summed E-state index contributed by atoms with van der Waals surface area (Å²) in [5.74, 6) is 0. The van der Waals surface area contributed by atoms with E-state index in [0.717, 1.165) is 0 Å². The molecule has 4 heteroatoms. The van der Waals surface area contributed by atoms with Gasteiger partial charge in [-0.15, -0.1) is 0 Å². The summed E-state index contributed by atoms with van der Waals surface area (Å²) in [6.07, 6.45) is 0. The van der Waals surface area contributed by atoms with Crippen molar-refractivity contribution in [2.45, 2.75) is 0 Å². The van der Waals surface area contributed by atoms with Crippen molar-refractivity contribution in [3.63, 3.8) is 0 Å².